The summed E-state index contributed by atoms with van der Waals surface area (Å²) in [4.78, 5) is 55.5. The molecule has 9 nitrogen and oxygen atoms in total. The van der Waals surface area contributed by atoms with Crippen LogP contribution in [0.3, 0.4) is 0 Å². The minimum atomic E-state index is -0.620. The van der Waals surface area contributed by atoms with Crippen LogP contribution in [-0.4, -0.2) is 76.7 Å². The number of likely N-dealkylation sites (tertiary alicyclic amines) is 2. The van der Waals surface area contributed by atoms with Crippen LogP contribution in [0.15, 0.2) is 42.5 Å². The summed E-state index contributed by atoms with van der Waals surface area (Å²) >= 11 is 0. The minimum absolute atomic E-state index is 0.129. The lowest BCUT2D eigenvalue weighted by molar-refractivity contribution is -0.136. The molecule has 40 heavy (non-hydrogen) atoms. The quantitative estimate of drug-likeness (QED) is 0.538. The van der Waals surface area contributed by atoms with Gasteiger partial charge >= 0.3 is 0 Å². The van der Waals surface area contributed by atoms with Gasteiger partial charge in [0.25, 0.3) is 11.8 Å². The first-order valence-corrected chi connectivity index (χ1v) is 14.5. The molecule has 9 heteroatoms. The Kier molecular flexibility index (Phi) is 7.56. The van der Waals surface area contributed by atoms with Crippen molar-refractivity contribution in [1.29, 1.82) is 0 Å². The van der Waals surface area contributed by atoms with Crippen molar-refractivity contribution in [3.63, 3.8) is 0 Å². The Morgan fingerprint density at radius 1 is 0.925 bits per heavy atom. The zero-order chi connectivity index (χ0) is 27.6. The molecule has 2 unspecified atom stereocenters. The van der Waals surface area contributed by atoms with Crippen molar-refractivity contribution in [2.45, 2.75) is 70.1 Å². The van der Waals surface area contributed by atoms with E-state index in [4.69, 9.17) is 4.74 Å². The fourth-order valence-electron chi connectivity index (χ4n) is 6.38. The number of nitrogens with one attached hydrogen (secondary N) is 1. The first kappa shape index (κ1) is 26.5. The summed E-state index contributed by atoms with van der Waals surface area (Å²) < 4.78 is 6.25. The van der Waals surface area contributed by atoms with Gasteiger partial charge in [0, 0.05) is 49.8 Å². The van der Waals surface area contributed by atoms with Crippen LogP contribution in [0.1, 0.15) is 76.8 Å². The van der Waals surface area contributed by atoms with Crippen molar-refractivity contribution < 1.29 is 23.9 Å². The number of carbonyl (C=O) groups is 4. The normalized spacial score (nSPS) is 23.4. The van der Waals surface area contributed by atoms with Crippen molar-refractivity contribution in [3.05, 3.63) is 64.7 Å². The fourth-order valence-corrected chi connectivity index (χ4v) is 6.38. The van der Waals surface area contributed by atoms with Crippen molar-refractivity contribution in [2.75, 3.05) is 26.2 Å². The molecule has 0 aliphatic carbocycles. The first-order chi connectivity index (χ1) is 19.5. The number of nitrogens with zero attached hydrogens (tertiary/aromatic N) is 3. The molecule has 2 aromatic rings. The molecule has 2 aromatic carbocycles. The number of imide groups is 1. The average molecular weight is 545 g/mol. The van der Waals surface area contributed by atoms with E-state index in [-0.39, 0.29) is 30.2 Å². The number of amides is 4. The lowest BCUT2D eigenvalue weighted by Crippen LogP contribution is -2.52. The van der Waals surface area contributed by atoms with E-state index in [2.05, 4.69) is 22.3 Å². The van der Waals surface area contributed by atoms with E-state index in [1.54, 1.807) is 11.0 Å². The molecule has 4 heterocycles. The van der Waals surface area contributed by atoms with Crippen LogP contribution in [0.4, 0.5) is 0 Å². The van der Waals surface area contributed by atoms with E-state index >= 15 is 0 Å². The van der Waals surface area contributed by atoms with Crippen LogP contribution >= 0.6 is 0 Å². The zero-order valence-corrected chi connectivity index (χ0v) is 22.8. The van der Waals surface area contributed by atoms with Crippen molar-refractivity contribution in [2.24, 2.45) is 0 Å². The summed E-state index contributed by atoms with van der Waals surface area (Å²) in [5.74, 6) is -0.0270. The van der Waals surface area contributed by atoms with Gasteiger partial charge in [-0.05, 0) is 80.1 Å². The van der Waals surface area contributed by atoms with Crippen LogP contribution in [0.25, 0.3) is 0 Å². The van der Waals surface area contributed by atoms with Gasteiger partial charge in [-0.2, -0.15) is 0 Å². The third-order valence-electron chi connectivity index (χ3n) is 8.67. The maximum atomic E-state index is 13.0. The van der Waals surface area contributed by atoms with Crippen molar-refractivity contribution in [3.8, 4) is 5.75 Å². The lowest BCUT2D eigenvalue weighted by atomic mass is 10.0. The molecular formula is C31H36N4O5. The Morgan fingerprint density at radius 3 is 2.48 bits per heavy atom. The molecule has 3 fully saturated rings. The van der Waals surface area contributed by atoms with Gasteiger partial charge in [0.05, 0.1) is 0 Å². The minimum Gasteiger partial charge on any atom is -0.492 e. The van der Waals surface area contributed by atoms with Gasteiger partial charge in [0.2, 0.25) is 11.8 Å². The topological polar surface area (TPSA) is 99.3 Å². The fraction of sp³-hybridized carbons (Fsp3) is 0.484. The summed E-state index contributed by atoms with van der Waals surface area (Å²) in [5.41, 5.74) is 3.38. The molecule has 0 radical (unpaired) electrons. The molecule has 0 spiro atoms. The number of hydrogen-bond acceptors (Lipinski definition) is 6. The number of benzene rings is 2. The Balaban J connectivity index is 1.06. The lowest BCUT2D eigenvalue weighted by Gasteiger charge is -2.35. The largest absolute Gasteiger partial charge is 0.492 e. The molecule has 4 aliphatic rings. The molecular weight excluding hydrogens is 508 g/mol. The highest BCUT2D eigenvalue weighted by Crippen LogP contribution is 2.31. The number of ether oxygens (including phenoxy) is 1. The maximum Gasteiger partial charge on any atom is 0.255 e. The molecule has 0 bridgehead atoms. The van der Waals surface area contributed by atoms with Crippen LogP contribution in [0, 0.1) is 0 Å². The summed E-state index contributed by atoms with van der Waals surface area (Å²) in [7, 11) is 0. The molecule has 210 valence electrons. The molecule has 2 atom stereocenters. The monoisotopic (exact) mass is 544 g/mol. The second-order valence-corrected chi connectivity index (χ2v) is 11.3. The molecule has 0 saturated carbocycles. The van der Waals surface area contributed by atoms with E-state index in [1.165, 1.54) is 5.56 Å². The van der Waals surface area contributed by atoms with Crippen LogP contribution in [0.5, 0.6) is 5.75 Å². The highest BCUT2D eigenvalue weighted by molar-refractivity contribution is 6.05. The third kappa shape index (κ3) is 5.47. The summed E-state index contributed by atoms with van der Waals surface area (Å²) in [6.07, 6.45) is 6.14. The second-order valence-electron chi connectivity index (χ2n) is 11.3. The zero-order valence-electron chi connectivity index (χ0n) is 22.8. The van der Waals surface area contributed by atoms with Crippen molar-refractivity contribution in [1.82, 2.24) is 20.0 Å². The number of carbonyl (C=O) groups excluding carboxylic acids is 4. The van der Waals surface area contributed by atoms with Crippen LogP contribution in [-0.2, 0) is 22.7 Å². The van der Waals surface area contributed by atoms with Crippen LogP contribution in [0.2, 0.25) is 0 Å². The highest BCUT2D eigenvalue weighted by atomic mass is 16.5. The second kappa shape index (κ2) is 11.4. The van der Waals surface area contributed by atoms with E-state index in [0.29, 0.717) is 30.9 Å². The van der Waals surface area contributed by atoms with E-state index < -0.39 is 11.9 Å². The molecule has 6 rings (SSSR count). The first-order valence-electron chi connectivity index (χ1n) is 14.5. The van der Waals surface area contributed by atoms with Gasteiger partial charge in [-0.1, -0.05) is 18.6 Å². The number of fused-ring (bicyclic) bond motifs is 1. The summed E-state index contributed by atoms with van der Waals surface area (Å²) in [5, 5.41) is 2.34. The predicted octanol–water partition coefficient (Wildman–Crippen LogP) is 3.12. The standard InChI is InChI=1S/C31H36N4O5/c36-28-13-12-27(29(37)32-28)35-19-23-17-25(10-11-26(23)31(35)39)40-20-24-5-1-2-16-34(24)18-21-6-8-22(9-7-21)30(38)33-14-3-4-15-33/h6-11,17,24,27H,1-5,12-16,18-20H2,(H,32,36,37). The van der Waals surface area contributed by atoms with Gasteiger partial charge in [-0.25, -0.2) is 0 Å². The van der Waals surface area contributed by atoms with E-state index in [1.807, 2.05) is 29.2 Å². The SMILES string of the molecule is O=C1CCC(N2Cc3cc(OCC4CCCCN4Cc4ccc(C(=O)N5CCCC5)cc4)ccc3C2=O)C(=O)N1. The van der Waals surface area contributed by atoms with Crippen LogP contribution < -0.4 is 10.1 Å². The Hall–Kier alpha value is -3.72. The Bertz CT molecular complexity index is 1300. The molecule has 4 aliphatic heterocycles. The number of piperidine rings is 2. The Morgan fingerprint density at radius 2 is 1.70 bits per heavy atom. The van der Waals surface area contributed by atoms with E-state index in [9.17, 15) is 19.2 Å². The summed E-state index contributed by atoms with van der Waals surface area (Å²) in [6, 6.07) is 13.2. The predicted molar refractivity (Wildman–Crippen MR) is 148 cm³/mol. The highest BCUT2D eigenvalue weighted by Gasteiger charge is 2.39. The van der Waals surface area contributed by atoms with Crippen molar-refractivity contribution >= 4 is 23.6 Å². The molecule has 3 saturated heterocycles. The van der Waals surface area contributed by atoms with Gasteiger partial charge in [-0.15, -0.1) is 0 Å². The van der Waals surface area contributed by atoms with E-state index in [0.717, 1.165) is 69.4 Å². The van der Waals surface area contributed by atoms with Gasteiger partial charge < -0.3 is 14.5 Å². The average Bonchev–Trinajstić information content (AvgIpc) is 3.61. The van der Waals surface area contributed by atoms with Gasteiger partial charge in [-0.3, -0.25) is 29.4 Å². The number of hydrogen-bond donors (Lipinski definition) is 1. The molecule has 0 aromatic heterocycles. The maximum absolute atomic E-state index is 13.0. The third-order valence-corrected chi connectivity index (χ3v) is 8.67. The van der Waals surface area contributed by atoms with Gasteiger partial charge in [0.1, 0.15) is 18.4 Å². The smallest absolute Gasteiger partial charge is 0.255 e. The molecule has 4 amide bonds. The Labute approximate surface area is 234 Å². The number of rotatable bonds is 7. The van der Waals surface area contributed by atoms with Gasteiger partial charge in [0.15, 0.2) is 0 Å². The summed E-state index contributed by atoms with van der Waals surface area (Å²) in [6.45, 7) is 4.41. The molecule has 1 N–H and O–H groups in total.